The Bertz CT molecular complexity index is 376. The van der Waals surface area contributed by atoms with Crippen LogP contribution in [0.15, 0.2) is 16.7 Å². The first-order chi connectivity index (χ1) is 7.00. The van der Waals surface area contributed by atoms with Crippen LogP contribution in [0.25, 0.3) is 0 Å². The van der Waals surface area contributed by atoms with Crippen LogP contribution in [0.3, 0.4) is 0 Å². The zero-order valence-corrected chi connectivity index (χ0v) is 9.65. The average molecular weight is 300 g/mol. The third kappa shape index (κ3) is 3.71. The largest absolute Gasteiger partial charge is 0.346 e. The Balaban J connectivity index is 2.77. The molecule has 0 saturated heterocycles. The second-order valence-electron chi connectivity index (χ2n) is 2.59. The molecule has 7 heteroatoms. The normalized spacial score (nSPS) is 10.5. The molecule has 82 valence electrons. The molecule has 0 spiro atoms. The number of carbonyl (C=O) groups excluding carboxylic acids is 1. The molecule has 0 aromatic carbocycles. The SMILES string of the molecule is O=C(NCC(F)F)c1cc(Cl)ncc1Br. The summed E-state index contributed by atoms with van der Waals surface area (Å²) in [6.07, 6.45) is -1.25. The van der Waals surface area contributed by atoms with Gasteiger partial charge in [0, 0.05) is 10.7 Å². The van der Waals surface area contributed by atoms with E-state index in [0.29, 0.717) is 4.47 Å². The molecule has 1 N–H and O–H groups in total. The molecule has 1 aromatic rings. The highest BCUT2D eigenvalue weighted by Gasteiger charge is 2.12. The molecule has 0 unspecified atom stereocenters. The molecule has 0 aliphatic rings. The van der Waals surface area contributed by atoms with E-state index < -0.39 is 18.9 Å². The second-order valence-corrected chi connectivity index (χ2v) is 3.83. The molecular weight excluding hydrogens is 293 g/mol. The Morgan fingerprint density at radius 1 is 1.67 bits per heavy atom. The van der Waals surface area contributed by atoms with Crippen LogP contribution >= 0.6 is 27.5 Å². The predicted molar refractivity (Wildman–Crippen MR) is 55.3 cm³/mol. The summed E-state index contributed by atoms with van der Waals surface area (Å²) < 4.78 is 24.1. The lowest BCUT2D eigenvalue weighted by atomic mass is 10.2. The van der Waals surface area contributed by atoms with E-state index in [2.05, 4.69) is 26.2 Å². The standard InChI is InChI=1S/C8H6BrClF2N2O/c9-5-2-13-6(10)1-4(5)8(15)14-3-7(11)12/h1-2,7H,3H2,(H,14,15). The molecule has 0 atom stereocenters. The number of carbonyl (C=O) groups is 1. The first kappa shape index (κ1) is 12.3. The van der Waals surface area contributed by atoms with Crippen molar-refractivity contribution in [1.82, 2.24) is 10.3 Å². The maximum absolute atomic E-state index is 11.8. The van der Waals surface area contributed by atoms with Crippen LogP contribution in [0.4, 0.5) is 8.78 Å². The topological polar surface area (TPSA) is 42.0 Å². The minimum Gasteiger partial charge on any atom is -0.346 e. The number of pyridine rings is 1. The van der Waals surface area contributed by atoms with E-state index in [9.17, 15) is 13.6 Å². The molecule has 0 bridgehead atoms. The Labute approximate surface area is 98.0 Å². The summed E-state index contributed by atoms with van der Waals surface area (Å²) in [6, 6.07) is 1.30. The number of amides is 1. The van der Waals surface area contributed by atoms with E-state index in [0.717, 1.165) is 0 Å². The van der Waals surface area contributed by atoms with Gasteiger partial charge in [0.2, 0.25) is 0 Å². The number of rotatable bonds is 3. The molecule has 15 heavy (non-hydrogen) atoms. The summed E-state index contributed by atoms with van der Waals surface area (Å²) in [7, 11) is 0. The average Bonchev–Trinajstić information content (AvgIpc) is 2.18. The van der Waals surface area contributed by atoms with Crippen LogP contribution in [-0.2, 0) is 0 Å². The molecule has 0 aliphatic heterocycles. The van der Waals surface area contributed by atoms with E-state index >= 15 is 0 Å². The van der Waals surface area contributed by atoms with Gasteiger partial charge >= 0.3 is 0 Å². The van der Waals surface area contributed by atoms with Crippen molar-refractivity contribution in [2.75, 3.05) is 6.54 Å². The van der Waals surface area contributed by atoms with E-state index in [-0.39, 0.29) is 10.7 Å². The van der Waals surface area contributed by atoms with E-state index in [1.807, 2.05) is 0 Å². The van der Waals surface area contributed by atoms with Crippen LogP contribution in [0.1, 0.15) is 10.4 Å². The summed E-state index contributed by atoms with van der Waals surface area (Å²) in [6.45, 7) is -0.689. The van der Waals surface area contributed by atoms with Crippen molar-refractivity contribution in [3.63, 3.8) is 0 Å². The zero-order valence-electron chi connectivity index (χ0n) is 7.31. The second kappa shape index (κ2) is 5.37. The van der Waals surface area contributed by atoms with Gasteiger partial charge < -0.3 is 5.32 Å². The minimum absolute atomic E-state index is 0.125. The van der Waals surface area contributed by atoms with Gasteiger partial charge in [0.15, 0.2) is 0 Å². The molecule has 1 aromatic heterocycles. The third-order valence-electron chi connectivity index (χ3n) is 1.48. The number of nitrogens with one attached hydrogen (secondary N) is 1. The lowest BCUT2D eigenvalue weighted by Crippen LogP contribution is -2.28. The van der Waals surface area contributed by atoms with E-state index in [1.54, 1.807) is 0 Å². The maximum Gasteiger partial charge on any atom is 0.255 e. The smallest absolute Gasteiger partial charge is 0.255 e. The molecule has 1 rings (SSSR count). The van der Waals surface area contributed by atoms with Gasteiger partial charge in [0.25, 0.3) is 12.3 Å². The van der Waals surface area contributed by atoms with Crippen molar-refractivity contribution < 1.29 is 13.6 Å². The van der Waals surface area contributed by atoms with Gasteiger partial charge in [0.05, 0.1) is 12.1 Å². The van der Waals surface area contributed by atoms with Gasteiger partial charge in [-0.15, -0.1) is 0 Å². The summed E-state index contributed by atoms with van der Waals surface area (Å²) >= 11 is 8.63. The minimum atomic E-state index is -2.58. The number of aromatic nitrogens is 1. The Morgan fingerprint density at radius 2 is 2.33 bits per heavy atom. The molecule has 0 fully saturated rings. The fraction of sp³-hybridized carbons (Fsp3) is 0.250. The Morgan fingerprint density at radius 3 is 2.93 bits per heavy atom. The van der Waals surface area contributed by atoms with Gasteiger partial charge in [-0.05, 0) is 22.0 Å². The summed E-state index contributed by atoms with van der Waals surface area (Å²) in [5.41, 5.74) is 0.177. The molecule has 1 amide bonds. The number of alkyl halides is 2. The molecule has 3 nitrogen and oxygen atoms in total. The van der Waals surface area contributed by atoms with Crippen molar-refractivity contribution >= 4 is 33.4 Å². The highest BCUT2D eigenvalue weighted by Crippen LogP contribution is 2.18. The highest BCUT2D eigenvalue weighted by atomic mass is 79.9. The van der Waals surface area contributed by atoms with Crippen molar-refractivity contribution in [2.24, 2.45) is 0 Å². The van der Waals surface area contributed by atoms with Crippen molar-refractivity contribution in [3.8, 4) is 0 Å². The number of halogens is 4. The van der Waals surface area contributed by atoms with Gasteiger partial charge in [-0.25, -0.2) is 13.8 Å². The van der Waals surface area contributed by atoms with E-state index in [1.165, 1.54) is 12.3 Å². The molecule has 0 radical (unpaired) electrons. The number of hydrogen-bond acceptors (Lipinski definition) is 2. The lowest BCUT2D eigenvalue weighted by molar-refractivity contribution is 0.0891. The van der Waals surface area contributed by atoms with E-state index in [4.69, 9.17) is 11.6 Å². The summed E-state index contributed by atoms with van der Waals surface area (Å²) in [5.74, 6) is -0.619. The van der Waals surface area contributed by atoms with Gasteiger partial charge in [-0.2, -0.15) is 0 Å². The molecule has 1 heterocycles. The fourth-order valence-corrected chi connectivity index (χ4v) is 1.41. The molecular formula is C8H6BrClF2N2O. The summed E-state index contributed by atoms with van der Waals surface area (Å²) in [5, 5.41) is 2.19. The van der Waals surface area contributed by atoms with Gasteiger partial charge in [-0.3, -0.25) is 4.79 Å². The van der Waals surface area contributed by atoms with Crippen molar-refractivity contribution in [3.05, 3.63) is 27.5 Å². The quantitative estimate of drug-likeness (QED) is 0.871. The fourth-order valence-electron chi connectivity index (χ4n) is 0.852. The Hall–Kier alpha value is -0.750. The maximum atomic E-state index is 11.8. The van der Waals surface area contributed by atoms with Crippen LogP contribution in [-0.4, -0.2) is 23.9 Å². The van der Waals surface area contributed by atoms with Gasteiger partial charge in [0.1, 0.15) is 5.15 Å². The lowest BCUT2D eigenvalue weighted by Gasteiger charge is -2.05. The first-order valence-electron chi connectivity index (χ1n) is 3.88. The summed E-state index contributed by atoms with van der Waals surface area (Å²) in [4.78, 5) is 15.1. The molecule has 0 aliphatic carbocycles. The van der Waals surface area contributed by atoms with Crippen molar-refractivity contribution in [1.29, 1.82) is 0 Å². The van der Waals surface area contributed by atoms with Crippen molar-refractivity contribution in [2.45, 2.75) is 6.43 Å². The number of hydrogen-bond donors (Lipinski definition) is 1. The van der Waals surface area contributed by atoms with Crippen LogP contribution < -0.4 is 5.32 Å². The molecule has 0 saturated carbocycles. The first-order valence-corrected chi connectivity index (χ1v) is 5.05. The van der Waals surface area contributed by atoms with Crippen LogP contribution in [0, 0.1) is 0 Å². The predicted octanol–water partition coefficient (Wildman–Crippen LogP) is 2.49. The van der Waals surface area contributed by atoms with Crippen LogP contribution in [0.2, 0.25) is 5.15 Å². The zero-order chi connectivity index (χ0) is 11.4. The van der Waals surface area contributed by atoms with Gasteiger partial charge in [-0.1, -0.05) is 11.6 Å². The number of nitrogens with zero attached hydrogens (tertiary/aromatic N) is 1. The Kier molecular flexibility index (Phi) is 4.41. The third-order valence-corrected chi connectivity index (χ3v) is 2.32. The highest BCUT2D eigenvalue weighted by molar-refractivity contribution is 9.10. The monoisotopic (exact) mass is 298 g/mol. The van der Waals surface area contributed by atoms with Crippen LogP contribution in [0.5, 0.6) is 0 Å².